The first kappa shape index (κ1) is 19.1. The van der Waals surface area contributed by atoms with Crippen molar-refractivity contribution in [2.45, 2.75) is 37.6 Å². The number of nitrogens with zero attached hydrogens (tertiary/aromatic N) is 4. The van der Waals surface area contributed by atoms with Crippen molar-refractivity contribution in [3.05, 3.63) is 51.5 Å². The highest BCUT2D eigenvalue weighted by Gasteiger charge is 2.21. The molecule has 28 heavy (non-hydrogen) atoms. The molecule has 0 spiro atoms. The van der Waals surface area contributed by atoms with E-state index in [4.69, 9.17) is 4.52 Å². The number of anilines is 1. The molecule has 0 aliphatic carbocycles. The summed E-state index contributed by atoms with van der Waals surface area (Å²) in [6.45, 7) is 5.69. The molecule has 3 aromatic rings. The summed E-state index contributed by atoms with van der Waals surface area (Å²) in [6.07, 6.45) is 2.62. The quantitative estimate of drug-likeness (QED) is 0.636. The number of aryl methyl sites for hydroxylation is 2. The number of thioether (sulfide) groups is 1. The van der Waals surface area contributed by atoms with Crippen LogP contribution in [0.3, 0.4) is 0 Å². The topological polar surface area (TPSA) is 84.1 Å². The molecule has 0 bridgehead atoms. The van der Waals surface area contributed by atoms with E-state index >= 15 is 0 Å². The minimum absolute atomic E-state index is 0.186. The molecule has 1 aliphatic heterocycles. The van der Waals surface area contributed by atoms with Crippen LogP contribution >= 0.6 is 23.1 Å². The van der Waals surface area contributed by atoms with Gasteiger partial charge in [0.1, 0.15) is 10.8 Å². The van der Waals surface area contributed by atoms with Crippen LogP contribution in [0.1, 0.15) is 37.9 Å². The summed E-state index contributed by atoms with van der Waals surface area (Å²) in [5.41, 5.74) is 3.55. The molecule has 1 amide bonds. The van der Waals surface area contributed by atoms with Crippen molar-refractivity contribution in [1.82, 2.24) is 20.0 Å². The lowest BCUT2D eigenvalue weighted by Gasteiger charge is -2.20. The van der Waals surface area contributed by atoms with E-state index in [-0.39, 0.29) is 5.91 Å². The maximum atomic E-state index is 12.9. The van der Waals surface area contributed by atoms with Crippen LogP contribution in [0, 0.1) is 13.8 Å². The molecule has 3 aromatic heterocycles. The minimum atomic E-state index is -0.186. The van der Waals surface area contributed by atoms with Gasteiger partial charge in [-0.25, -0.2) is 9.97 Å². The molecule has 0 unspecified atom stereocenters. The zero-order chi connectivity index (χ0) is 19.7. The monoisotopic (exact) mass is 415 g/mol. The molecular formula is C19H21N5O2S2. The summed E-state index contributed by atoms with van der Waals surface area (Å²) in [7, 11) is 2.10. The normalized spacial score (nSPS) is 14.1. The van der Waals surface area contributed by atoms with Crippen LogP contribution in [0.2, 0.25) is 0 Å². The largest absolute Gasteiger partial charge is 0.361 e. The van der Waals surface area contributed by atoms with Crippen LogP contribution < -0.4 is 5.32 Å². The molecule has 0 aromatic carbocycles. The van der Waals surface area contributed by atoms with Gasteiger partial charge in [-0.3, -0.25) is 10.1 Å². The lowest BCUT2D eigenvalue weighted by atomic mass is 10.2. The molecule has 1 aliphatic rings. The van der Waals surface area contributed by atoms with Gasteiger partial charge in [0, 0.05) is 41.9 Å². The molecule has 0 saturated carbocycles. The Kier molecular flexibility index (Phi) is 5.47. The second kappa shape index (κ2) is 8.02. The third kappa shape index (κ3) is 3.96. The number of fused-ring (bicyclic) bond motifs is 1. The molecule has 0 fully saturated rings. The van der Waals surface area contributed by atoms with E-state index in [1.165, 1.54) is 16.6 Å². The molecule has 1 N–H and O–H groups in total. The van der Waals surface area contributed by atoms with Gasteiger partial charge in [0.25, 0.3) is 5.91 Å². The van der Waals surface area contributed by atoms with Crippen molar-refractivity contribution in [1.29, 1.82) is 0 Å². The first-order valence-electron chi connectivity index (χ1n) is 8.99. The smallest absolute Gasteiger partial charge is 0.260 e. The van der Waals surface area contributed by atoms with Gasteiger partial charge in [-0.15, -0.1) is 23.1 Å². The van der Waals surface area contributed by atoms with Crippen LogP contribution in [-0.4, -0.2) is 39.5 Å². The Morgan fingerprint density at radius 2 is 2.29 bits per heavy atom. The fourth-order valence-corrected chi connectivity index (χ4v) is 5.30. The van der Waals surface area contributed by atoms with Gasteiger partial charge in [-0.1, -0.05) is 5.16 Å². The predicted molar refractivity (Wildman–Crippen MR) is 110 cm³/mol. The van der Waals surface area contributed by atoms with Crippen molar-refractivity contribution in [3.8, 4) is 0 Å². The summed E-state index contributed by atoms with van der Waals surface area (Å²) in [5.74, 6) is 1.26. The number of aromatic nitrogens is 3. The molecule has 4 heterocycles. The number of thiazole rings is 1. The summed E-state index contributed by atoms with van der Waals surface area (Å²) in [6, 6.07) is 3.57. The Morgan fingerprint density at radius 1 is 1.43 bits per heavy atom. The average Bonchev–Trinajstić information content (AvgIpc) is 3.22. The Hall–Kier alpha value is -2.23. The van der Waals surface area contributed by atoms with E-state index in [1.807, 2.05) is 13.8 Å². The number of nitrogens with one attached hydrogen (secondary N) is 1. The molecule has 4 rings (SSSR count). The van der Waals surface area contributed by atoms with E-state index in [2.05, 4.69) is 32.4 Å². The highest BCUT2D eigenvalue weighted by molar-refractivity contribution is 7.98. The molecular weight excluding hydrogens is 394 g/mol. The second-order valence-corrected chi connectivity index (χ2v) is 8.83. The SMILES string of the molecule is Cc1noc(C)c1CSc1ncccc1C(=O)Nc1nc2c(s1)CN(C)CC2. The van der Waals surface area contributed by atoms with Crippen molar-refractivity contribution < 1.29 is 9.32 Å². The van der Waals surface area contributed by atoms with Crippen LogP contribution in [0.25, 0.3) is 0 Å². The first-order chi connectivity index (χ1) is 13.5. The first-order valence-corrected chi connectivity index (χ1v) is 10.8. The molecule has 146 valence electrons. The maximum Gasteiger partial charge on any atom is 0.260 e. The summed E-state index contributed by atoms with van der Waals surface area (Å²) in [4.78, 5) is 25.4. The second-order valence-electron chi connectivity index (χ2n) is 6.78. The van der Waals surface area contributed by atoms with E-state index in [9.17, 15) is 4.79 Å². The summed E-state index contributed by atoms with van der Waals surface area (Å²) >= 11 is 3.05. The molecule has 9 heteroatoms. The third-order valence-corrected chi connectivity index (χ3v) is 6.72. The highest BCUT2D eigenvalue weighted by atomic mass is 32.2. The number of carbonyl (C=O) groups is 1. The fraction of sp³-hybridized carbons (Fsp3) is 0.368. The van der Waals surface area contributed by atoms with Gasteiger partial charge >= 0.3 is 0 Å². The number of hydrogen-bond donors (Lipinski definition) is 1. The summed E-state index contributed by atoms with van der Waals surface area (Å²) < 4.78 is 5.21. The van der Waals surface area contributed by atoms with E-state index < -0.39 is 0 Å². The zero-order valence-corrected chi connectivity index (χ0v) is 17.6. The Bertz CT molecular complexity index is 994. The van der Waals surface area contributed by atoms with Crippen LogP contribution in [-0.2, 0) is 18.7 Å². The number of likely N-dealkylation sites (N-methyl/N-ethyl adjacent to an activating group) is 1. The van der Waals surface area contributed by atoms with Gasteiger partial charge < -0.3 is 9.42 Å². The number of amides is 1. The predicted octanol–water partition coefficient (Wildman–Crippen LogP) is 3.68. The Morgan fingerprint density at radius 3 is 3.07 bits per heavy atom. The maximum absolute atomic E-state index is 12.9. The molecule has 7 nitrogen and oxygen atoms in total. The van der Waals surface area contributed by atoms with Gasteiger partial charge in [-0.05, 0) is 33.0 Å². The zero-order valence-electron chi connectivity index (χ0n) is 16.0. The van der Waals surface area contributed by atoms with Gasteiger partial charge in [0.15, 0.2) is 5.13 Å². The average molecular weight is 416 g/mol. The number of rotatable bonds is 5. The summed E-state index contributed by atoms with van der Waals surface area (Å²) in [5, 5.41) is 8.26. The van der Waals surface area contributed by atoms with Gasteiger partial charge in [0.05, 0.1) is 17.0 Å². The molecule has 0 atom stereocenters. The van der Waals surface area contributed by atoms with Crippen molar-refractivity contribution in [2.75, 3.05) is 18.9 Å². The van der Waals surface area contributed by atoms with Crippen LogP contribution in [0.15, 0.2) is 27.9 Å². The lowest BCUT2D eigenvalue weighted by Crippen LogP contribution is -2.25. The molecule has 0 radical (unpaired) electrons. The minimum Gasteiger partial charge on any atom is -0.361 e. The molecule has 0 saturated heterocycles. The lowest BCUT2D eigenvalue weighted by molar-refractivity contribution is 0.102. The fourth-order valence-electron chi connectivity index (χ4n) is 3.07. The standard InChI is InChI=1S/C19H21N5O2S2/c1-11-14(12(2)26-23-11)10-27-18-13(5-4-7-20-18)17(25)22-19-21-15-6-8-24(3)9-16(15)28-19/h4-5,7H,6,8-10H2,1-3H3,(H,21,22,25). The highest BCUT2D eigenvalue weighted by Crippen LogP contribution is 2.30. The number of pyridine rings is 1. The van der Waals surface area contributed by atoms with Crippen molar-refractivity contribution >= 4 is 34.1 Å². The van der Waals surface area contributed by atoms with Crippen LogP contribution in [0.5, 0.6) is 0 Å². The van der Waals surface area contributed by atoms with Crippen LogP contribution in [0.4, 0.5) is 5.13 Å². The Balaban J connectivity index is 1.49. The van der Waals surface area contributed by atoms with Crippen molar-refractivity contribution in [2.24, 2.45) is 0 Å². The van der Waals surface area contributed by atoms with E-state index in [0.717, 1.165) is 42.2 Å². The van der Waals surface area contributed by atoms with Gasteiger partial charge in [0.2, 0.25) is 0 Å². The van der Waals surface area contributed by atoms with Gasteiger partial charge in [-0.2, -0.15) is 0 Å². The third-order valence-electron chi connectivity index (χ3n) is 4.69. The van der Waals surface area contributed by atoms with E-state index in [1.54, 1.807) is 29.7 Å². The van der Waals surface area contributed by atoms with Crippen molar-refractivity contribution in [3.63, 3.8) is 0 Å². The number of hydrogen-bond acceptors (Lipinski definition) is 8. The number of carbonyl (C=O) groups excluding carboxylic acids is 1. The van der Waals surface area contributed by atoms with E-state index in [0.29, 0.717) is 21.5 Å². The Labute approximate surface area is 171 Å².